The Labute approximate surface area is 198 Å². The highest BCUT2D eigenvalue weighted by atomic mass is 32.2. The molecule has 7 nitrogen and oxygen atoms in total. The maximum absolute atomic E-state index is 14.7. The highest BCUT2D eigenvalue weighted by Gasteiger charge is 2.22. The minimum absolute atomic E-state index is 0.0367. The number of hydrogen-bond acceptors (Lipinski definition) is 6. The van der Waals surface area contributed by atoms with Gasteiger partial charge in [-0.3, -0.25) is 9.78 Å². The molecular weight excluding hydrogens is 475 g/mol. The fraction of sp³-hybridized carbons (Fsp3) is 0.0417. The first-order chi connectivity index (χ1) is 16.4. The maximum atomic E-state index is 14.7. The van der Waals surface area contributed by atoms with E-state index in [-0.39, 0.29) is 17.3 Å². The van der Waals surface area contributed by atoms with Crippen LogP contribution in [-0.4, -0.2) is 29.1 Å². The van der Waals surface area contributed by atoms with Gasteiger partial charge in [0.15, 0.2) is 0 Å². The lowest BCUT2D eigenvalue weighted by molar-refractivity contribution is 0.0955. The summed E-state index contributed by atoms with van der Waals surface area (Å²) in [6.45, 7) is 0.221. The zero-order valence-corrected chi connectivity index (χ0v) is 19.2. The van der Waals surface area contributed by atoms with Crippen LogP contribution in [0.5, 0.6) is 0 Å². The summed E-state index contributed by atoms with van der Waals surface area (Å²) in [5, 5.41) is 7.79. The summed E-state index contributed by atoms with van der Waals surface area (Å²) in [7, 11) is -4.06. The van der Waals surface area contributed by atoms with Crippen molar-refractivity contribution >= 4 is 37.2 Å². The third-order valence-electron chi connectivity index (χ3n) is 5.21. The van der Waals surface area contributed by atoms with Crippen LogP contribution < -0.4 is 5.32 Å². The first kappa shape index (κ1) is 21.9. The Hall–Kier alpha value is -3.89. The first-order valence-corrected chi connectivity index (χ1v) is 12.5. The molecule has 2 aromatic carbocycles. The number of nitrogens with one attached hydrogen (secondary N) is 1. The van der Waals surface area contributed by atoms with Crippen LogP contribution >= 0.6 is 11.3 Å². The molecule has 0 radical (unpaired) electrons. The third kappa shape index (κ3) is 4.20. The second-order valence-corrected chi connectivity index (χ2v) is 10.4. The lowest BCUT2D eigenvalue weighted by atomic mass is 10.2. The van der Waals surface area contributed by atoms with Crippen LogP contribution in [0, 0.1) is 5.82 Å². The molecule has 0 saturated carbocycles. The molecule has 0 aliphatic carbocycles. The zero-order valence-electron chi connectivity index (χ0n) is 17.6. The van der Waals surface area contributed by atoms with E-state index in [1.807, 2.05) is 6.07 Å². The number of hydrogen-bond donors (Lipinski definition) is 1. The number of fused-ring (bicyclic) bond motifs is 1. The standard InChI is InChI=1S/C24H17FN4O3S2/c25-20-13-18(29-11-1-9-28-29)4-7-23(20)34(31,32)19-5-2-16(3-6-19)14-27-24(30)21-12-17-8-10-26-15-22(17)33-21/h1-13,15H,14H2,(H,27,30). The number of halogens is 1. The Morgan fingerprint density at radius 2 is 1.88 bits per heavy atom. The number of sulfone groups is 1. The van der Waals surface area contributed by atoms with Crippen LogP contribution in [0.3, 0.4) is 0 Å². The van der Waals surface area contributed by atoms with Crippen molar-refractivity contribution in [2.24, 2.45) is 0 Å². The number of carbonyl (C=O) groups excluding carboxylic acids is 1. The Bertz CT molecular complexity index is 1560. The average molecular weight is 493 g/mol. The van der Waals surface area contributed by atoms with Crippen molar-refractivity contribution in [1.29, 1.82) is 0 Å². The summed E-state index contributed by atoms with van der Waals surface area (Å²) >= 11 is 1.35. The highest BCUT2D eigenvalue weighted by Crippen LogP contribution is 2.26. The molecule has 3 heterocycles. The van der Waals surface area contributed by atoms with Crippen LogP contribution in [0.1, 0.15) is 15.2 Å². The summed E-state index contributed by atoms with van der Waals surface area (Å²) in [4.78, 5) is 16.7. The van der Waals surface area contributed by atoms with Crippen LogP contribution in [0.25, 0.3) is 15.8 Å². The minimum atomic E-state index is -4.06. The van der Waals surface area contributed by atoms with E-state index < -0.39 is 20.5 Å². The zero-order chi connectivity index (χ0) is 23.7. The van der Waals surface area contributed by atoms with Gasteiger partial charge in [-0.05, 0) is 53.4 Å². The summed E-state index contributed by atoms with van der Waals surface area (Å²) in [5.41, 5.74) is 1.13. The second kappa shape index (κ2) is 8.81. The number of nitrogens with zero attached hydrogens (tertiary/aromatic N) is 3. The van der Waals surface area contributed by atoms with Gasteiger partial charge in [0.25, 0.3) is 5.91 Å². The smallest absolute Gasteiger partial charge is 0.261 e. The quantitative estimate of drug-likeness (QED) is 0.380. The summed E-state index contributed by atoms with van der Waals surface area (Å²) in [5.74, 6) is -1.08. The van der Waals surface area contributed by atoms with Gasteiger partial charge in [0.2, 0.25) is 9.84 Å². The second-order valence-electron chi connectivity index (χ2n) is 7.42. The van der Waals surface area contributed by atoms with Gasteiger partial charge in [0.05, 0.1) is 20.2 Å². The van der Waals surface area contributed by atoms with Crippen molar-refractivity contribution in [1.82, 2.24) is 20.1 Å². The number of aromatic nitrogens is 3. The minimum Gasteiger partial charge on any atom is -0.347 e. The van der Waals surface area contributed by atoms with Crippen LogP contribution in [0.15, 0.2) is 95.2 Å². The molecule has 0 unspecified atom stereocenters. The monoisotopic (exact) mass is 492 g/mol. The number of carbonyl (C=O) groups is 1. The van der Waals surface area contributed by atoms with Gasteiger partial charge in [-0.1, -0.05) is 12.1 Å². The van der Waals surface area contributed by atoms with E-state index in [1.165, 1.54) is 40.3 Å². The van der Waals surface area contributed by atoms with Crippen molar-refractivity contribution in [3.63, 3.8) is 0 Å². The van der Waals surface area contributed by atoms with E-state index in [4.69, 9.17) is 0 Å². The SMILES string of the molecule is O=C(NCc1ccc(S(=O)(=O)c2ccc(-n3cccn3)cc2F)cc1)c1cc2ccncc2s1. The van der Waals surface area contributed by atoms with E-state index in [0.29, 0.717) is 16.1 Å². The predicted octanol–water partition coefficient (Wildman–Crippen LogP) is 4.38. The molecule has 1 N–H and O–H groups in total. The number of pyridine rings is 1. The number of rotatable bonds is 6. The maximum Gasteiger partial charge on any atom is 0.261 e. The molecule has 0 fully saturated rings. The topological polar surface area (TPSA) is 94.0 Å². The highest BCUT2D eigenvalue weighted by molar-refractivity contribution is 7.91. The lowest BCUT2D eigenvalue weighted by Gasteiger charge is -2.09. The Balaban J connectivity index is 1.30. The number of amides is 1. The molecule has 1 amide bonds. The van der Waals surface area contributed by atoms with Crippen LogP contribution in [-0.2, 0) is 16.4 Å². The van der Waals surface area contributed by atoms with E-state index >= 15 is 0 Å². The van der Waals surface area contributed by atoms with E-state index in [1.54, 1.807) is 49.1 Å². The van der Waals surface area contributed by atoms with Crippen LogP contribution in [0.4, 0.5) is 4.39 Å². The van der Waals surface area contributed by atoms with E-state index in [9.17, 15) is 17.6 Å². The van der Waals surface area contributed by atoms with Gasteiger partial charge < -0.3 is 5.32 Å². The molecule has 0 aliphatic rings. The molecule has 10 heteroatoms. The molecular formula is C24H17FN4O3S2. The number of benzene rings is 2. The molecule has 170 valence electrons. The van der Waals surface area contributed by atoms with Crippen molar-refractivity contribution < 1.29 is 17.6 Å². The normalized spacial score (nSPS) is 11.6. The van der Waals surface area contributed by atoms with Gasteiger partial charge in [0.1, 0.15) is 10.7 Å². The van der Waals surface area contributed by atoms with Crippen molar-refractivity contribution in [3.05, 3.63) is 102 Å². The van der Waals surface area contributed by atoms with Crippen LogP contribution in [0.2, 0.25) is 0 Å². The number of thiophene rings is 1. The van der Waals surface area contributed by atoms with Crippen molar-refractivity contribution in [2.45, 2.75) is 16.3 Å². The molecule has 0 aliphatic heterocycles. The van der Waals surface area contributed by atoms with Gasteiger partial charge in [0, 0.05) is 37.4 Å². The average Bonchev–Trinajstić information content (AvgIpc) is 3.53. The predicted molar refractivity (Wildman–Crippen MR) is 126 cm³/mol. The molecule has 0 saturated heterocycles. The Morgan fingerprint density at radius 3 is 2.59 bits per heavy atom. The van der Waals surface area contributed by atoms with E-state index in [0.717, 1.165) is 16.2 Å². The van der Waals surface area contributed by atoms with Crippen molar-refractivity contribution in [2.75, 3.05) is 0 Å². The van der Waals surface area contributed by atoms with Crippen molar-refractivity contribution in [3.8, 4) is 5.69 Å². The summed E-state index contributed by atoms with van der Waals surface area (Å²) in [6.07, 6.45) is 6.57. The molecule has 34 heavy (non-hydrogen) atoms. The summed E-state index contributed by atoms with van der Waals surface area (Å²) < 4.78 is 43.0. The fourth-order valence-corrected chi connectivity index (χ4v) is 5.71. The van der Waals surface area contributed by atoms with Gasteiger partial charge in [-0.15, -0.1) is 11.3 Å². The molecule has 0 atom stereocenters. The molecule has 0 bridgehead atoms. The molecule has 5 rings (SSSR count). The first-order valence-electron chi connectivity index (χ1n) is 10.2. The largest absolute Gasteiger partial charge is 0.347 e. The molecule has 0 spiro atoms. The van der Waals surface area contributed by atoms with Gasteiger partial charge in [-0.2, -0.15) is 5.10 Å². The lowest BCUT2D eigenvalue weighted by Crippen LogP contribution is -2.21. The molecule has 3 aromatic heterocycles. The summed E-state index contributed by atoms with van der Waals surface area (Å²) in [6, 6.07) is 15.2. The Kier molecular flexibility index (Phi) is 5.68. The Morgan fingerprint density at radius 1 is 1.06 bits per heavy atom. The van der Waals surface area contributed by atoms with Gasteiger partial charge in [-0.25, -0.2) is 17.5 Å². The third-order valence-corrected chi connectivity index (χ3v) is 8.09. The van der Waals surface area contributed by atoms with Gasteiger partial charge >= 0.3 is 0 Å². The molecule has 5 aromatic rings. The van der Waals surface area contributed by atoms with E-state index in [2.05, 4.69) is 15.4 Å². The fourth-order valence-electron chi connectivity index (χ4n) is 3.45.